The van der Waals surface area contributed by atoms with Gasteiger partial charge in [0.25, 0.3) is 5.56 Å². The van der Waals surface area contributed by atoms with Crippen molar-refractivity contribution in [3.05, 3.63) is 42.0 Å². The monoisotopic (exact) mass is 377 g/mol. The Hall–Kier alpha value is -0.660. The summed E-state index contributed by atoms with van der Waals surface area (Å²) in [6, 6.07) is 2.06. The van der Waals surface area contributed by atoms with E-state index in [0.717, 1.165) is 3.79 Å². The number of hydrogen-bond donors (Lipinski definition) is 1. The molecule has 0 saturated heterocycles. The highest BCUT2D eigenvalue weighted by atomic mass is 79.9. The van der Waals surface area contributed by atoms with Gasteiger partial charge in [-0.2, -0.15) is 0 Å². The lowest BCUT2D eigenvalue weighted by Crippen LogP contribution is -2.21. The lowest BCUT2D eigenvalue weighted by atomic mass is 10.3. The molecular weight excluding hydrogens is 370 g/mol. The maximum absolute atomic E-state index is 11.4. The van der Waals surface area contributed by atoms with E-state index < -0.39 is 0 Å². The molecule has 2 rings (SSSR count). The Morgan fingerprint density at radius 2 is 2.29 bits per heavy atom. The van der Waals surface area contributed by atoms with Crippen molar-refractivity contribution in [2.45, 2.75) is 6.54 Å². The molecule has 0 aliphatic heterocycles. The summed E-state index contributed by atoms with van der Waals surface area (Å²) in [4.78, 5) is 20.0. The van der Waals surface area contributed by atoms with Gasteiger partial charge in [0.1, 0.15) is 10.3 Å². The third-order valence-electron chi connectivity index (χ3n) is 2.18. The molecule has 0 bridgehead atoms. The number of nitrogens with zero attached hydrogens (tertiary/aromatic N) is 2. The molecule has 1 N–H and O–H groups in total. The topological polar surface area (TPSA) is 49.0 Å². The Balaban J connectivity index is 2.23. The molecule has 2 heterocycles. The van der Waals surface area contributed by atoms with Crippen LogP contribution in [0, 0.1) is 0 Å². The summed E-state index contributed by atoms with van der Waals surface area (Å²) in [6.45, 7) is 0.706. The second-order valence-corrected chi connectivity index (χ2v) is 6.57. The van der Waals surface area contributed by atoms with Gasteiger partial charge in [-0.25, -0.2) is 4.98 Å². The molecule has 2 aromatic heterocycles. The average molecular weight is 379 g/mol. The van der Waals surface area contributed by atoms with Gasteiger partial charge in [-0.3, -0.25) is 4.79 Å². The number of anilines is 1. The van der Waals surface area contributed by atoms with Crippen LogP contribution in [-0.2, 0) is 6.54 Å². The van der Waals surface area contributed by atoms with Crippen LogP contribution in [0.4, 0.5) is 5.82 Å². The number of thiophene rings is 1. The number of nitrogens with one attached hydrogen (secondary N) is 1. The average Bonchev–Trinajstić information content (AvgIpc) is 2.68. The summed E-state index contributed by atoms with van der Waals surface area (Å²) in [5.74, 6) is 0.635. The molecule has 0 aliphatic rings. The number of H-pyrrole nitrogens is 1. The van der Waals surface area contributed by atoms with Crippen molar-refractivity contribution < 1.29 is 0 Å². The zero-order valence-electron chi connectivity index (χ0n) is 8.91. The van der Waals surface area contributed by atoms with Gasteiger partial charge in [0.05, 0.1) is 10.1 Å². The highest BCUT2D eigenvalue weighted by Crippen LogP contribution is 2.24. The van der Waals surface area contributed by atoms with Crippen LogP contribution in [0.1, 0.15) is 5.56 Å². The molecule has 0 unspecified atom stereocenters. The van der Waals surface area contributed by atoms with E-state index in [4.69, 9.17) is 0 Å². The van der Waals surface area contributed by atoms with E-state index in [-0.39, 0.29) is 5.56 Å². The predicted molar refractivity (Wildman–Crippen MR) is 76.7 cm³/mol. The number of halogens is 2. The molecule has 0 aromatic carbocycles. The number of rotatable bonds is 3. The molecule has 0 aliphatic carbocycles. The van der Waals surface area contributed by atoms with E-state index >= 15 is 0 Å². The van der Waals surface area contributed by atoms with E-state index in [9.17, 15) is 4.79 Å². The SMILES string of the molecule is CN(Cc1csc(Br)c1)c1nc[nH]c(=O)c1Br. The molecule has 0 spiro atoms. The van der Waals surface area contributed by atoms with Crippen LogP contribution < -0.4 is 10.5 Å². The van der Waals surface area contributed by atoms with Crippen LogP contribution >= 0.6 is 43.2 Å². The molecular formula is C10H9Br2N3OS. The van der Waals surface area contributed by atoms with Crippen LogP contribution in [0.3, 0.4) is 0 Å². The maximum Gasteiger partial charge on any atom is 0.267 e. The lowest BCUT2D eigenvalue weighted by Gasteiger charge is -2.17. The number of aromatic amines is 1. The third-order valence-corrected chi connectivity index (χ3v) is 4.45. The van der Waals surface area contributed by atoms with Crippen molar-refractivity contribution in [1.82, 2.24) is 9.97 Å². The first-order valence-corrected chi connectivity index (χ1v) is 7.21. The zero-order valence-corrected chi connectivity index (χ0v) is 12.9. The second kappa shape index (κ2) is 5.32. The first kappa shape index (κ1) is 12.8. The second-order valence-electron chi connectivity index (χ2n) is 3.48. The van der Waals surface area contributed by atoms with Crippen LogP contribution in [0.5, 0.6) is 0 Å². The van der Waals surface area contributed by atoms with Crippen LogP contribution in [-0.4, -0.2) is 17.0 Å². The molecule has 17 heavy (non-hydrogen) atoms. The number of hydrogen-bond acceptors (Lipinski definition) is 4. The summed E-state index contributed by atoms with van der Waals surface area (Å²) in [5, 5.41) is 2.07. The van der Waals surface area contributed by atoms with Gasteiger partial charge in [0.15, 0.2) is 0 Å². The normalized spacial score (nSPS) is 10.5. The Morgan fingerprint density at radius 1 is 1.53 bits per heavy atom. The fraction of sp³-hybridized carbons (Fsp3) is 0.200. The van der Waals surface area contributed by atoms with Gasteiger partial charge in [-0.05, 0) is 48.9 Å². The smallest absolute Gasteiger partial charge is 0.267 e. The Labute approximate surface area is 119 Å². The van der Waals surface area contributed by atoms with Crippen LogP contribution in [0.25, 0.3) is 0 Å². The van der Waals surface area contributed by atoms with Crippen molar-refractivity contribution >= 4 is 49.0 Å². The van der Waals surface area contributed by atoms with Crippen molar-refractivity contribution in [3.63, 3.8) is 0 Å². The van der Waals surface area contributed by atoms with Gasteiger partial charge in [-0.15, -0.1) is 11.3 Å². The zero-order chi connectivity index (χ0) is 12.4. The Kier molecular flexibility index (Phi) is 4.01. The van der Waals surface area contributed by atoms with Crippen molar-refractivity contribution in [2.75, 3.05) is 11.9 Å². The van der Waals surface area contributed by atoms with Crippen LogP contribution in [0.2, 0.25) is 0 Å². The summed E-state index contributed by atoms with van der Waals surface area (Å²) >= 11 is 8.31. The molecule has 2 aromatic rings. The Morgan fingerprint density at radius 3 is 2.94 bits per heavy atom. The minimum atomic E-state index is -0.173. The molecule has 0 radical (unpaired) electrons. The summed E-state index contributed by atoms with van der Waals surface area (Å²) in [7, 11) is 1.90. The molecule has 0 atom stereocenters. The highest BCUT2D eigenvalue weighted by molar-refractivity contribution is 9.11. The maximum atomic E-state index is 11.4. The van der Waals surface area contributed by atoms with E-state index in [1.165, 1.54) is 11.9 Å². The fourth-order valence-electron chi connectivity index (χ4n) is 1.42. The van der Waals surface area contributed by atoms with Gasteiger partial charge in [-0.1, -0.05) is 0 Å². The lowest BCUT2D eigenvalue weighted by molar-refractivity contribution is 0.883. The summed E-state index contributed by atoms with van der Waals surface area (Å²) in [5.41, 5.74) is 1.01. The quantitative estimate of drug-likeness (QED) is 0.893. The van der Waals surface area contributed by atoms with Gasteiger partial charge < -0.3 is 9.88 Å². The highest BCUT2D eigenvalue weighted by Gasteiger charge is 2.11. The standard InChI is InChI=1S/C10H9Br2N3OS/c1-15(3-6-2-7(11)17-4-6)9-8(12)10(16)14-5-13-9/h2,4-5H,3H2,1H3,(H,13,14,16). The van der Waals surface area contributed by atoms with E-state index in [2.05, 4.69) is 53.3 Å². The molecule has 7 heteroatoms. The van der Waals surface area contributed by atoms with Crippen molar-refractivity contribution in [2.24, 2.45) is 0 Å². The minimum absolute atomic E-state index is 0.173. The van der Waals surface area contributed by atoms with Gasteiger partial charge in [0.2, 0.25) is 0 Å². The summed E-state index contributed by atoms with van der Waals surface area (Å²) < 4.78 is 1.55. The van der Waals surface area contributed by atoms with Crippen LogP contribution in [0.15, 0.2) is 30.8 Å². The molecule has 0 saturated carbocycles. The fourth-order valence-corrected chi connectivity index (χ4v) is 3.14. The van der Waals surface area contributed by atoms with E-state index in [1.807, 2.05) is 11.9 Å². The first-order valence-electron chi connectivity index (χ1n) is 4.75. The molecule has 4 nitrogen and oxygen atoms in total. The van der Waals surface area contributed by atoms with E-state index in [1.54, 1.807) is 11.3 Å². The number of aromatic nitrogens is 2. The molecule has 0 fully saturated rings. The first-order chi connectivity index (χ1) is 8.08. The molecule has 90 valence electrons. The Bertz CT molecular complexity index is 581. The van der Waals surface area contributed by atoms with Gasteiger partial charge >= 0.3 is 0 Å². The summed E-state index contributed by atoms with van der Waals surface area (Å²) in [6.07, 6.45) is 1.41. The molecule has 0 amide bonds. The predicted octanol–water partition coefficient (Wildman–Crippen LogP) is 2.99. The third kappa shape index (κ3) is 2.97. The minimum Gasteiger partial charge on any atom is -0.354 e. The van der Waals surface area contributed by atoms with Crippen molar-refractivity contribution in [3.8, 4) is 0 Å². The van der Waals surface area contributed by atoms with Crippen molar-refractivity contribution in [1.29, 1.82) is 0 Å². The van der Waals surface area contributed by atoms with E-state index in [0.29, 0.717) is 16.8 Å². The van der Waals surface area contributed by atoms with Gasteiger partial charge in [0, 0.05) is 13.6 Å². The largest absolute Gasteiger partial charge is 0.354 e.